The monoisotopic (exact) mass is 911 g/mol. The van der Waals surface area contributed by atoms with Gasteiger partial charge in [-0.3, -0.25) is 0 Å². The van der Waals surface area contributed by atoms with Crippen LogP contribution in [0.1, 0.15) is 0 Å². The van der Waals surface area contributed by atoms with Gasteiger partial charge in [0.1, 0.15) is 22.3 Å². The topological polar surface area (TPSA) is 29.5 Å². The molecule has 0 saturated carbocycles. The highest BCUT2D eigenvalue weighted by atomic mass is 32.1. The fourth-order valence-corrected chi connectivity index (χ4v) is 11.7. The zero-order valence-corrected chi connectivity index (χ0v) is 38.7. The van der Waals surface area contributed by atoms with Crippen LogP contribution in [-0.2, 0) is 0 Å². The van der Waals surface area contributed by atoms with Crippen molar-refractivity contribution < 1.29 is 8.83 Å². The maximum atomic E-state index is 6.59. The minimum atomic E-state index is 0.894. The average molecular weight is 912 g/mol. The van der Waals surface area contributed by atoms with Crippen LogP contribution in [-0.4, -0.2) is 0 Å². The summed E-state index contributed by atoms with van der Waals surface area (Å²) in [7, 11) is 0. The third kappa shape index (κ3) is 6.64. The number of rotatable bonds is 8. The normalized spacial score (nSPS) is 11.7. The summed E-state index contributed by atoms with van der Waals surface area (Å²) in [6, 6.07) is 89.3. The van der Waals surface area contributed by atoms with Gasteiger partial charge in [-0.2, -0.15) is 0 Å². The molecule has 0 N–H and O–H groups in total. The summed E-state index contributed by atoms with van der Waals surface area (Å²) >= 11 is 1.86. The van der Waals surface area contributed by atoms with Crippen molar-refractivity contribution in [3.63, 3.8) is 0 Å². The molecule has 328 valence electrons. The first-order valence-electron chi connectivity index (χ1n) is 23.7. The lowest BCUT2D eigenvalue weighted by molar-refractivity contribution is 0.669. The van der Waals surface area contributed by atoms with Crippen LogP contribution in [0, 0.1) is 0 Å². The van der Waals surface area contributed by atoms with E-state index in [-0.39, 0.29) is 0 Å². The molecule has 4 heteroatoms. The highest BCUT2D eigenvalue weighted by Crippen LogP contribution is 2.45. The Kier molecular flexibility index (Phi) is 9.39. The summed E-state index contributed by atoms with van der Waals surface area (Å²) in [4.78, 5) is 2.36. The molecule has 0 radical (unpaired) electrons. The van der Waals surface area contributed by atoms with Crippen molar-refractivity contribution in [2.45, 2.75) is 0 Å². The molecule has 11 aromatic carbocycles. The maximum Gasteiger partial charge on any atom is 0.143 e. The van der Waals surface area contributed by atoms with Gasteiger partial charge in [-0.15, -0.1) is 11.3 Å². The highest BCUT2D eigenvalue weighted by molar-refractivity contribution is 7.25. The Morgan fingerprint density at radius 1 is 0.257 bits per heavy atom. The van der Waals surface area contributed by atoms with Gasteiger partial charge in [0.25, 0.3) is 0 Å². The number of para-hydroxylation sites is 2. The minimum Gasteiger partial charge on any atom is -0.456 e. The summed E-state index contributed by atoms with van der Waals surface area (Å²) < 4.78 is 15.5. The Hall–Kier alpha value is -8.96. The van der Waals surface area contributed by atoms with E-state index in [4.69, 9.17) is 8.83 Å². The number of fused-ring (bicyclic) bond motifs is 9. The molecule has 0 spiro atoms. The molecule has 3 heterocycles. The molecule has 0 saturated heterocycles. The van der Waals surface area contributed by atoms with Crippen LogP contribution in [0.5, 0.6) is 0 Å². The molecule has 3 nitrogen and oxygen atoms in total. The Balaban J connectivity index is 0.829. The van der Waals surface area contributed by atoms with E-state index in [1.54, 1.807) is 0 Å². The second-order valence-corrected chi connectivity index (χ2v) is 19.0. The number of benzene rings is 11. The summed E-state index contributed by atoms with van der Waals surface area (Å²) in [5.74, 6) is 0. The van der Waals surface area contributed by atoms with Crippen LogP contribution < -0.4 is 4.90 Å². The van der Waals surface area contributed by atoms with E-state index in [0.717, 1.165) is 105 Å². The van der Waals surface area contributed by atoms with Gasteiger partial charge in [-0.05, 0) is 123 Å². The lowest BCUT2D eigenvalue weighted by atomic mass is 9.93. The number of furan rings is 2. The molecule has 14 rings (SSSR count). The summed E-state index contributed by atoms with van der Waals surface area (Å²) in [6.07, 6.45) is 0. The van der Waals surface area contributed by atoms with Crippen molar-refractivity contribution in [3.05, 3.63) is 249 Å². The Morgan fingerprint density at radius 2 is 0.686 bits per heavy atom. The second kappa shape index (κ2) is 16.4. The fourth-order valence-electron chi connectivity index (χ4n) is 10.6. The van der Waals surface area contributed by atoms with E-state index >= 15 is 0 Å². The molecule has 14 aromatic rings. The Morgan fingerprint density at radius 3 is 1.34 bits per heavy atom. The molecule has 70 heavy (non-hydrogen) atoms. The molecule has 0 aliphatic rings. The maximum absolute atomic E-state index is 6.59. The predicted molar refractivity (Wildman–Crippen MR) is 296 cm³/mol. The quantitative estimate of drug-likeness (QED) is 0.152. The number of thiophene rings is 1. The van der Waals surface area contributed by atoms with Crippen LogP contribution in [0.2, 0.25) is 0 Å². The fraction of sp³-hybridized carbons (Fsp3) is 0. The van der Waals surface area contributed by atoms with Gasteiger partial charge in [-0.1, -0.05) is 176 Å². The predicted octanol–water partition coefficient (Wildman–Crippen LogP) is 19.7. The van der Waals surface area contributed by atoms with Gasteiger partial charge >= 0.3 is 0 Å². The first-order valence-corrected chi connectivity index (χ1v) is 24.5. The van der Waals surface area contributed by atoms with Gasteiger partial charge in [0.2, 0.25) is 0 Å². The van der Waals surface area contributed by atoms with E-state index < -0.39 is 0 Å². The van der Waals surface area contributed by atoms with Crippen molar-refractivity contribution in [1.29, 1.82) is 0 Å². The molecule has 0 aliphatic heterocycles. The molecular weight excluding hydrogens is 871 g/mol. The molecule has 0 aliphatic carbocycles. The summed E-state index contributed by atoms with van der Waals surface area (Å²) in [5, 5.41) is 7.15. The minimum absolute atomic E-state index is 0.894. The van der Waals surface area contributed by atoms with Crippen molar-refractivity contribution in [2.24, 2.45) is 0 Å². The largest absolute Gasteiger partial charge is 0.456 e. The van der Waals surface area contributed by atoms with E-state index in [9.17, 15) is 0 Å². The number of anilines is 3. The summed E-state index contributed by atoms with van der Waals surface area (Å²) in [5.41, 5.74) is 18.4. The van der Waals surface area contributed by atoms with Crippen molar-refractivity contribution in [3.8, 4) is 55.6 Å². The number of hydrogen-bond donors (Lipinski definition) is 0. The molecule has 0 atom stereocenters. The SMILES string of the molecule is c1ccc(-c2ccc(-c3ccc(-c4ccc(N(c5ccc(-c6cccc7oc8ccccc8c67)cc5)c5ccc(-c6cccc7sc8ccccc8c67)cc5)cc4)cc3)c3c2oc2ccccc23)cc1. The van der Waals surface area contributed by atoms with E-state index in [2.05, 4.69) is 235 Å². The van der Waals surface area contributed by atoms with E-state index in [1.807, 2.05) is 29.5 Å². The first-order chi connectivity index (χ1) is 34.7. The van der Waals surface area contributed by atoms with Crippen molar-refractivity contribution >= 4 is 92.4 Å². The van der Waals surface area contributed by atoms with Crippen molar-refractivity contribution in [2.75, 3.05) is 4.90 Å². The smallest absolute Gasteiger partial charge is 0.143 e. The zero-order chi connectivity index (χ0) is 46.1. The Bertz CT molecular complexity index is 4100. The Labute approximate surface area is 408 Å². The van der Waals surface area contributed by atoms with E-state index in [0.29, 0.717) is 0 Å². The van der Waals surface area contributed by atoms with Crippen LogP contribution in [0.15, 0.2) is 258 Å². The average Bonchev–Trinajstić information content (AvgIpc) is 4.14. The lowest BCUT2D eigenvalue weighted by Gasteiger charge is -2.26. The molecular formula is C66H41NO2S. The molecule has 0 amide bonds. The standard InChI is InChI=1S/C66H41NO2S/c1-2-12-44(13-3-1)54-41-40-53(65-56-15-5-8-20-59(56)69-66(54)65)45-26-24-42(25-27-45)43-28-34-48(35-29-43)67(49-36-30-46(31-37-49)51-17-10-21-60-63(51)55-14-4-7-19-58(55)68-60)50-38-32-47(33-39-50)52-18-11-23-62-64(52)57-16-6-9-22-61(57)70-62/h1-41H. The molecule has 0 bridgehead atoms. The summed E-state index contributed by atoms with van der Waals surface area (Å²) in [6.45, 7) is 0. The zero-order valence-electron chi connectivity index (χ0n) is 37.8. The highest BCUT2D eigenvalue weighted by Gasteiger charge is 2.20. The van der Waals surface area contributed by atoms with Gasteiger partial charge < -0.3 is 13.7 Å². The third-order valence-electron chi connectivity index (χ3n) is 13.9. The van der Waals surface area contributed by atoms with Crippen LogP contribution in [0.4, 0.5) is 17.1 Å². The number of hydrogen-bond acceptors (Lipinski definition) is 4. The first kappa shape index (κ1) is 40.1. The van der Waals surface area contributed by atoms with Gasteiger partial charge in [0.15, 0.2) is 0 Å². The number of nitrogens with zero attached hydrogens (tertiary/aromatic N) is 1. The molecule has 0 fully saturated rings. The van der Waals surface area contributed by atoms with Crippen LogP contribution in [0.3, 0.4) is 0 Å². The molecule has 0 unspecified atom stereocenters. The third-order valence-corrected chi connectivity index (χ3v) is 15.1. The van der Waals surface area contributed by atoms with Crippen LogP contribution in [0.25, 0.3) is 120 Å². The van der Waals surface area contributed by atoms with Crippen molar-refractivity contribution in [1.82, 2.24) is 0 Å². The van der Waals surface area contributed by atoms with Gasteiger partial charge in [-0.25, -0.2) is 0 Å². The lowest BCUT2D eigenvalue weighted by Crippen LogP contribution is -2.09. The van der Waals surface area contributed by atoms with Gasteiger partial charge in [0, 0.05) is 64.3 Å². The molecule has 3 aromatic heterocycles. The van der Waals surface area contributed by atoms with E-state index in [1.165, 1.54) is 31.3 Å². The van der Waals surface area contributed by atoms with Gasteiger partial charge in [0.05, 0.1) is 0 Å². The van der Waals surface area contributed by atoms with Crippen LogP contribution >= 0.6 is 11.3 Å². The second-order valence-electron chi connectivity index (χ2n) is 17.9.